The Bertz CT molecular complexity index is 1200. The highest BCUT2D eigenvalue weighted by atomic mass is 16.5. The van der Waals surface area contributed by atoms with Crippen molar-refractivity contribution in [3.8, 4) is 23.0 Å². The van der Waals surface area contributed by atoms with Gasteiger partial charge in [-0.15, -0.1) is 0 Å². The first kappa shape index (κ1) is 27.1. The lowest BCUT2D eigenvalue weighted by molar-refractivity contribution is -0.136. The molecular formula is C25H30N4O8. The molecule has 1 heterocycles. The SMILES string of the molecule is CCOc1cc([C@H]2NC(=O)NC(C)=C2C(=O)OC)ccc1OC[C@H](O)N/N=C/c1cccc(OC)c1O. The average Bonchev–Trinajstić information content (AvgIpc) is 2.88. The van der Waals surface area contributed by atoms with Crippen molar-refractivity contribution in [1.29, 1.82) is 0 Å². The van der Waals surface area contributed by atoms with E-state index < -0.39 is 24.3 Å². The summed E-state index contributed by atoms with van der Waals surface area (Å²) in [4.78, 5) is 24.4. The number of para-hydroxylation sites is 1. The maximum Gasteiger partial charge on any atom is 0.337 e. The van der Waals surface area contributed by atoms with Crippen LogP contribution in [-0.4, -0.2) is 62.1 Å². The first-order valence-electron chi connectivity index (χ1n) is 11.4. The summed E-state index contributed by atoms with van der Waals surface area (Å²) in [6, 6.07) is 8.66. The molecular weight excluding hydrogens is 484 g/mol. The monoisotopic (exact) mass is 514 g/mol. The molecule has 0 spiro atoms. The number of ether oxygens (including phenoxy) is 4. The Labute approximate surface area is 213 Å². The summed E-state index contributed by atoms with van der Waals surface area (Å²) < 4.78 is 21.3. The van der Waals surface area contributed by atoms with Crippen molar-refractivity contribution in [3.63, 3.8) is 0 Å². The summed E-state index contributed by atoms with van der Waals surface area (Å²) in [5.41, 5.74) is 4.13. The van der Waals surface area contributed by atoms with E-state index in [1.165, 1.54) is 20.4 Å². The van der Waals surface area contributed by atoms with Crippen LogP contribution in [0.25, 0.3) is 0 Å². The highest BCUT2D eigenvalue weighted by Crippen LogP contribution is 2.35. The quantitative estimate of drug-likeness (QED) is 0.131. The first-order valence-corrected chi connectivity index (χ1v) is 11.4. The molecule has 3 rings (SSSR count). The van der Waals surface area contributed by atoms with Crippen LogP contribution in [0.2, 0.25) is 0 Å². The number of benzene rings is 2. The molecule has 37 heavy (non-hydrogen) atoms. The van der Waals surface area contributed by atoms with Crippen LogP contribution in [0, 0.1) is 0 Å². The molecule has 0 saturated carbocycles. The number of phenolic OH excluding ortho intramolecular Hbond substituents is 1. The van der Waals surface area contributed by atoms with E-state index in [4.69, 9.17) is 18.9 Å². The number of amides is 2. The molecule has 0 fully saturated rings. The smallest absolute Gasteiger partial charge is 0.337 e. The van der Waals surface area contributed by atoms with E-state index in [9.17, 15) is 19.8 Å². The van der Waals surface area contributed by atoms with E-state index in [1.54, 1.807) is 50.2 Å². The predicted octanol–water partition coefficient (Wildman–Crippen LogP) is 1.92. The molecule has 2 amide bonds. The Balaban J connectivity index is 1.71. The van der Waals surface area contributed by atoms with E-state index in [2.05, 4.69) is 21.2 Å². The summed E-state index contributed by atoms with van der Waals surface area (Å²) in [7, 11) is 2.71. The predicted molar refractivity (Wildman–Crippen MR) is 134 cm³/mol. The number of aliphatic hydroxyl groups is 1. The second kappa shape index (κ2) is 12.5. The third-order valence-electron chi connectivity index (χ3n) is 5.35. The van der Waals surface area contributed by atoms with Crippen molar-refractivity contribution < 1.29 is 38.7 Å². The van der Waals surface area contributed by atoms with Crippen molar-refractivity contribution in [2.75, 3.05) is 27.4 Å². The molecule has 0 saturated heterocycles. The molecule has 12 nitrogen and oxygen atoms in total. The number of hydrazone groups is 1. The minimum absolute atomic E-state index is 0.0759. The number of rotatable bonds is 11. The van der Waals surface area contributed by atoms with Gasteiger partial charge in [0.15, 0.2) is 29.2 Å². The minimum Gasteiger partial charge on any atom is -0.504 e. The van der Waals surface area contributed by atoms with Crippen LogP contribution in [0.3, 0.4) is 0 Å². The molecule has 1 aliphatic heterocycles. The molecule has 1 aliphatic rings. The highest BCUT2D eigenvalue weighted by Gasteiger charge is 2.32. The highest BCUT2D eigenvalue weighted by molar-refractivity contribution is 5.95. The van der Waals surface area contributed by atoms with Gasteiger partial charge < -0.3 is 39.8 Å². The van der Waals surface area contributed by atoms with Gasteiger partial charge in [0.25, 0.3) is 0 Å². The third kappa shape index (κ3) is 6.61. The fourth-order valence-corrected chi connectivity index (χ4v) is 3.62. The second-order valence-electron chi connectivity index (χ2n) is 7.81. The Morgan fingerprint density at radius 3 is 2.68 bits per heavy atom. The number of phenols is 1. The van der Waals surface area contributed by atoms with Crippen LogP contribution >= 0.6 is 0 Å². The van der Waals surface area contributed by atoms with Gasteiger partial charge in [-0.25, -0.2) is 9.59 Å². The van der Waals surface area contributed by atoms with Gasteiger partial charge >= 0.3 is 12.0 Å². The van der Waals surface area contributed by atoms with Crippen molar-refractivity contribution in [3.05, 3.63) is 58.8 Å². The number of aliphatic hydroxyl groups excluding tert-OH is 1. The Hall–Kier alpha value is -4.45. The zero-order chi connectivity index (χ0) is 26.9. The Kier molecular flexibility index (Phi) is 9.16. The van der Waals surface area contributed by atoms with Crippen LogP contribution in [0.1, 0.15) is 31.0 Å². The fraction of sp³-hybridized carbons (Fsp3) is 0.320. The molecule has 198 valence electrons. The number of carbonyl (C=O) groups is 2. The standard InChI is InChI=1S/C25H30N4O8/c1-5-36-19-11-15(22-21(24(32)35-4)14(2)27-25(33)28-22)9-10-17(19)37-13-20(30)29-26-12-16-7-6-8-18(34-3)23(16)31/h6-12,20,22,29-31H,5,13H2,1-4H3,(H2,27,28,33)/b26-12+/t20-,22+/m0/s1. The summed E-state index contributed by atoms with van der Waals surface area (Å²) in [5, 5.41) is 29.5. The largest absolute Gasteiger partial charge is 0.504 e. The summed E-state index contributed by atoms with van der Waals surface area (Å²) >= 11 is 0. The van der Waals surface area contributed by atoms with Crippen LogP contribution < -0.4 is 30.3 Å². The van der Waals surface area contributed by atoms with Crippen LogP contribution in [-0.2, 0) is 9.53 Å². The average molecular weight is 515 g/mol. The number of hydrogen-bond acceptors (Lipinski definition) is 10. The number of allylic oxidation sites excluding steroid dienone is 1. The van der Waals surface area contributed by atoms with Gasteiger partial charge in [-0.05, 0) is 43.7 Å². The number of nitrogens with one attached hydrogen (secondary N) is 3. The molecule has 2 aromatic rings. The number of nitrogens with zero attached hydrogens (tertiary/aromatic N) is 1. The van der Waals surface area contributed by atoms with Crippen molar-refractivity contribution in [1.82, 2.24) is 16.1 Å². The zero-order valence-electron chi connectivity index (χ0n) is 20.9. The number of aromatic hydroxyl groups is 1. The van der Waals surface area contributed by atoms with E-state index in [-0.39, 0.29) is 17.9 Å². The number of urea groups is 1. The molecule has 5 N–H and O–H groups in total. The normalized spacial score (nSPS) is 16.0. The maximum absolute atomic E-state index is 12.4. The number of hydrogen-bond donors (Lipinski definition) is 5. The summed E-state index contributed by atoms with van der Waals surface area (Å²) in [5.74, 6) is 0.333. The van der Waals surface area contributed by atoms with E-state index in [1.807, 2.05) is 0 Å². The van der Waals surface area contributed by atoms with Gasteiger partial charge in [0.1, 0.15) is 6.61 Å². The van der Waals surface area contributed by atoms with Crippen LogP contribution in [0.15, 0.2) is 52.8 Å². The van der Waals surface area contributed by atoms with Gasteiger partial charge in [0.2, 0.25) is 0 Å². The van der Waals surface area contributed by atoms with Crippen molar-refractivity contribution in [2.45, 2.75) is 26.1 Å². The number of carbonyl (C=O) groups excluding carboxylic acids is 2. The lowest BCUT2D eigenvalue weighted by atomic mass is 9.95. The Morgan fingerprint density at radius 1 is 1.19 bits per heavy atom. The molecule has 0 bridgehead atoms. The van der Waals surface area contributed by atoms with Gasteiger partial charge in [0.05, 0.1) is 38.7 Å². The molecule has 0 aliphatic carbocycles. The van der Waals surface area contributed by atoms with Crippen LogP contribution in [0.4, 0.5) is 4.79 Å². The zero-order valence-corrected chi connectivity index (χ0v) is 20.9. The van der Waals surface area contributed by atoms with E-state index >= 15 is 0 Å². The molecule has 2 aromatic carbocycles. The van der Waals surface area contributed by atoms with Gasteiger partial charge in [-0.2, -0.15) is 5.10 Å². The van der Waals surface area contributed by atoms with Gasteiger partial charge in [-0.3, -0.25) is 5.43 Å². The topological polar surface area (TPSA) is 160 Å². The first-order chi connectivity index (χ1) is 17.8. The Morgan fingerprint density at radius 2 is 1.97 bits per heavy atom. The molecule has 0 aromatic heterocycles. The molecule has 0 radical (unpaired) electrons. The molecule has 2 atom stereocenters. The molecule has 12 heteroatoms. The number of methoxy groups -OCH3 is 2. The van der Waals surface area contributed by atoms with E-state index in [0.29, 0.717) is 40.7 Å². The summed E-state index contributed by atoms with van der Waals surface area (Å²) in [6.45, 7) is 3.56. The summed E-state index contributed by atoms with van der Waals surface area (Å²) in [6.07, 6.45) is 0.154. The van der Waals surface area contributed by atoms with Crippen LogP contribution in [0.5, 0.6) is 23.0 Å². The van der Waals surface area contributed by atoms with E-state index in [0.717, 1.165) is 0 Å². The fourth-order valence-electron chi connectivity index (χ4n) is 3.62. The van der Waals surface area contributed by atoms with Crippen molar-refractivity contribution in [2.24, 2.45) is 5.10 Å². The molecule has 0 unspecified atom stereocenters. The second-order valence-corrected chi connectivity index (χ2v) is 7.81. The van der Waals surface area contributed by atoms with Gasteiger partial charge in [0, 0.05) is 11.3 Å². The lowest BCUT2D eigenvalue weighted by Crippen LogP contribution is -2.45. The van der Waals surface area contributed by atoms with Gasteiger partial charge in [-0.1, -0.05) is 12.1 Å². The number of esters is 1. The van der Waals surface area contributed by atoms with Crippen molar-refractivity contribution >= 4 is 18.2 Å². The lowest BCUT2D eigenvalue weighted by Gasteiger charge is -2.28. The minimum atomic E-state index is -1.18. The third-order valence-corrected chi connectivity index (χ3v) is 5.35. The maximum atomic E-state index is 12.4.